The lowest BCUT2D eigenvalue weighted by molar-refractivity contribution is -0.384. The number of nitrogens with zero attached hydrogens (tertiary/aromatic N) is 1. The number of rotatable bonds is 7. The molecule has 1 aromatic rings. The molecule has 1 saturated heterocycles. The van der Waals surface area contributed by atoms with Gasteiger partial charge in [0.1, 0.15) is 12.4 Å². The minimum absolute atomic E-state index is 0.0757. The van der Waals surface area contributed by atoms with E-state index in [4.69, 9.17) is 9.47 Å². The number of nitro benzene ring substituents is 1. The Morgan fingerprint density at radius 2 is 2.21 bits per heavy atom. The second-order valence-electron chi connectivity index (χ2n) is 4.53. The van der Waals surface area contributed by atoms with Gasteiger partial charge < -0.3 is 14.8 Å². The lowest BCUT2D eigenvalue weighted by Gasteiger charge is -2.10. The lowest BCUT2D eigenvalue weighted by atomic mass is 10.1. The van der Waals surface area contributed by atoms with Crippen molar-refractivity contribution in [2.75, 3.05) is 32.9 Å². The summed E-state index contributed by atoms with van der Waals surface area (Å²) in [4.78, 5) is 10.1. The molecule has 0 spiro atoms. The molecular weight excluding hydrogens is 248 g/mol. The van der Waals surface area contributed by atoms with Crippen LogP contribution in [0.25, 0.3) is 0 Å². The van der Waals surface area contributed by atoms with Crippen LogP contribution in [0.5, 0.6) is 5.75 Å². The molecule has 0 saturated carbocycles. The summed E-state index contributed by atoms with van der Waals surface area (Å²) in [7, 11) is 0. The predicted molar refractivity (Wildman–Crippen MR) is 70.4 cm³/mol. The molecule has 1 N–H and O–H groups in total. The van der Waals surface area contributed by atoms with E-state index in [2.05, 4.69) is 5.32 Å². The van der Waals surface area contributed by atoms with Crippen LogP contribution in [-0.4, -0.2) is 37.8 Å². The minimum atomic E-state index is -0.422. The third-order valence-corrected chi connectivity index (χ3v) is 3.05. The Labute approximate surface area is 111 Å². The molecule has 1 fully saturated rings. The summed E-state index contributed by atoms with van der Waals surface area (Å²) in [6.07, 6.45) is 1.12. The Hall–Kier alpha value is -1.66. The van der Waals surface area contributed by atoms with Crippen molar-refractivity contribution < 1.29 is 14.4 Å². The summed E-state index contributed by atoms with van der Waals surface area (Å²) in [5, 5.41) is 13.8. The Morgan fingerprint density at radius 3 is 2.84 bits per heavy atom. The van der Waals surface area contributed by atoms with E-state index in [9.17, 15) is 10.1 Å². The van der Waals surface area contributed by atoms with Gasteiger partial charge in [-0.2, -0.15) is 0 Å². The molecule has 104 valence electrons. The fourth-order valence-electron chi connectivity index (χ4n) is 1.96. The smallest absolute Gasteiger partial charge is 0.269 e. The van der Waals surface area contributed by atoms with Gasteiger partial charge >= 0.3 is 0 Å². The molecule has 1 aliphatic heterocycles. The Morgan fingerprint density at radius 1 is 1.42 bits per heavy atom. The zero-order chi connectivity index (χ0) is 13.5. The van der Waals surface area contributed by atoms with Crippen molar-refractivity contribution in [2.24, 2.45) is 5.92 Å². The van der Waals surface area contributed by atoms with Crippen molar-refractivity contribution in [3.8, 4) is 5.75 Å². The molecule has 0 radical (unpaired) electrons. The maximum Gasteiger partial charge on any atom is 0.269 e. The highest BCUT2D eigenvalue weighted by atomic mass is 16.6. The summed E-state index contributed by atoms with van der Waals surface area (Å²) in [6, 6.07) is 6.11. The third-order valence-electron chi connectivity index (χ3n) is 3.05. The largest absolute Gasteiger partial charge is 0.492 e. The monoisotopic (exact) mass is 266 g/mol. The molecule has 6 heteroatoms. The van der Waals surface area contributed by atoms with Crippen molar-refractivity contribution in [3.05, 3.63) is 34.4 Å². The fraction of sp³-hybridized carbons (Fsp3) is 0.538. The first kappa shape index (κ1) is 13.8. The van der Waals surface area contributed by atoms with E-state index in [-0.39, 0.29) is 5.69 Å². The summed E-state index contributed by atoms with van der Waals surface area (Å²) in [5.41, 5.74) is 0.0757. The molecule has 1 aromatic carbocycles. The second kappa shape index (κ2) is 7.06. The van der Waals surface area contributed by atoms with Crippen LogP contribution in [0.1, 0.15) is 6.42 Å². The lowest BCUT2D eigenvalue weighted by Crippen LogP contribution is -2.27. The van der Waals surface area contributed by atoms with Crippen molar-refractivity contribution >= 4 is 5.69 Å². The van der Waals surface area contributed by atoms with Gasteiger partial charge in [-0.15, -0.1) is 0 Å². The number of ether oxygens (including phenoxy) is 2. The first-order chi connectivity index (χ1) is 9.25. The highest BCUT2D eigenvalue weighted by molar-refractivity contribution is 5.35. The standard InChI is InChI=1S/C13H18N2O4/c16-15(17)12-1-3-13(4-2-12)19-8-6-14-9-11-5-7-18-10-11/h1-4,11,14H,5-10H2. The van der Waals surface area contributed by atoms with E-state index in [1.165, 1.54) is 12.1 Å². The zero-order valence-corrected chi connectivity index (χ0v) is 10.7. The van der Waals surface area contributed by atoms with Crippen molar-refractivity contribution in [3.63, 3.8) is 0 Å². The molecule has 6 nitrogen and oxygen atoms in total. The van der Waals surface area contributed by atoms with E-state index in [1.807, 2.05) is 0 Å². The number of hydrogen-bond donors (Lipinski definition) is 1. The molecule has 0 amide bonds. The van der Waals surface area contributed by atoms with Gasteiger partial charge in [0.05, 0.1) is 11.5 Å². The predicted octanol–water partition coefficient (Wildman–Crippen LogP) is 1.60. The first-order valence-electron chi connectivity index (χ1n) is 6.41. The highest BCUT2D eigenvalue weighted by Crippen LogP contribution is 2.17. The van der Waals surface area contributed by atoms with Gasteiger partial charge in [0.15, 0.2) is 0 Å². The SMILES string of the molecule is O=[N+]([O-])c1ccc(OCCNCC2CCOC2)cc1. The molecule has 19 heavy (non-hydrogen) atoms. The van der Waals surface area contributed by atoms with E-state index >= 15 is 0 Å². The molecule has 1 heterocycles. The molecule has 1 atom stereocenters. The number of hydrogen-bond acceptors (Lipinski definition) is 5. The van der Waals surface area contributed by atoms with Crippen LogP contribution in [0.3, 0.4) is 0 Å². The van der Waals surface area contributed by atoms with E-state index < -0.39 is 4.92 Å². The van der Waals surface area contributed by atoms with Gasteiger partial charge in [-0.1, -0.05) is 0 Å². The third kappa shape index (κ3) is 4.50. The fourth-order valence-corrected chi connectivity index (χ4v) is 1.96. The van der Waals surface area contributed by atoms with Gasteiger partial charge in [-0.3, -0.25) is 10.1 Å². The van der Waals surface area contributed by atoms with Gasteiger partial charge in [-0.05, 0) is 24.5 Å². The average molecular weight is 266 g/mol. The Balaban J connectivity index is 1.61. The molecule has 1 unspecified atom stereocenters. The Bertz CT molecular complexity index is 402. The second-order valence-corrected chi connectivity index (χ2v) is 4.53. The molecule has 0 bridgehead atoms. The van der Waals surface area contributed by atoms with Crippen LogP contribution in [0, 0.1) is 16.0 Å². The Kier molecular flexibility index (Phi) is 5.11. The van der Waals surface area contributed by atoms with Crippen molar-refractivity contribution in [1.82, 2.24) is 5.32 Å². The maximum absolute atomic E-state index is 10.5. The van der Waals surface area contributed by atoms with Crippen LogP contribution >= 0.6 is 0 Å². The molecule has 1 aliphatic rings. The van der Waals surface area contributed by atoms with E-state index in [0.29, 0.717) is 18.3 Å². The highest BCUT2D eigenvalue weighted by Gasteiger charge is 2.14. The quantitative estimate of drug-likeness (QED) is 0.461. The molecule has 0 aromatic heterocycles. The number of benzene rings is 1. The van der Waals surface area contributed by atoms with Gasteiger partial charge in [0, 0.05) is 31.8 Å². The summed E-state index contributed by atoms with van der Waals surface area (Å²) >= 11 is 0. The number of nitro groups is 1. The van der Waals surface area contributed by atoms with E-state index in [0.717, 1.165) is 32.7 Å². The topological polar surface area (TPSA) is 73.6 Å². The first-order valence-corrected chi connectivity index (χ1v) is 6.41. The van der Waals surface area contributed by atoms with Crippen LogP contribution in [-0.2, 0) is 4.74 Å². The van der Waals surface area contributed by atoms with Crippen molar-refractivity contribution in [1.29, 1.82) is 0 Å². The van der Waals surface area contributed by atoms with Crippen LogP contribution in [0.4, 0.5) is 5.69 Å². The zero-order valence-electron chi connectivity index (χ0n) is 10.7. The molecule has 2 rings (SSSR count). The van der Waals surface area contributed by atoms with Crippen LogP contribution in [0.2, 0.25) is 0 Å². The molecule has 0 aliphatic carbocycles. The maximum atomic E-state index is 10.5. The summed E-state index contributed by atoms with van der Waals surface area (Å²) in [6.45, 7) is 3.96. The van der Waals surface area contributed by atoms with Crippen LogP contribution < -0.4 is 10.1 Å². The van der Waals surface area contributed by atoms with Gasteiger partial charge in [0.25, 0.3) is 5.69 Å². The normalized spacial score (nSPS) is 18.4. The van der Waals surface area contributed by atoms with E-state index in [1.54, 1.807) is 12.1 Å². The van der Waals surface area contributed by atoms with Crippen LogP contribution in [0.15, 0.2) is 24.3 Å². The summed E-state index contributed by atoms with van der Waals surface area (Å²) < 4.78 is 10.8. The van der Waals surface area contributed by atoms with Crippen molar-refractivity contribution in [2.45, 2.75) is 6.42 Å². The van der Waals surface area contributed by atoms with Gasteiger partial charge in [0.2, 0.25) is 0 Å². The summed E-state index contributed by atoms with van der Waals surface area (Å²) in [5.74, 6) is 1.26. The number of nitrogens with one attached hydrogen (secondary N) is 1. The minimum Gasteiger partial charge on any atom is -0.492 e. The molecular formula is C13H18N2O4. The number of non-ortho nitro benzene ring substituents is 1. The average Bonchev–Trinajstić information content (AvgIpc) is 2.92. The van der Waals surface area contributed by atoms with Gasteiger partial charge in [-0.25, -0.2) is 0 Å².